The Morgan fingerprint density at radius 3 is 2.54 bits per heavy atom. The summed E-state index contributed by atoms with van der Waals surface area (Å²) in [4.78, 5) is 18.7. The molecule has 1 aromatic heterocycles. The summed E-state index contributed by atoms with van der Waals surface area (Å²) in [5, 5.41) is 3.06. The third kappa shape index (κ3) is 4.00. The van der Waals surface area contributed by atoms with Crippen LogP contribution < -0.4 is 10.2 Å². The first-order valence-electron chi connectivity index (χ1n) is 8.13. The molecule has 0 bridgehead atoms. The van der Waals surface area contributed by atoms with Crippen molar-refractivity contribution in [2.45, 2.75) is 6.92 Å². The van der Waals surface area contributed by atoms with E-state index >= 15 is 0 Å². The Kier molecular flexibility index (Phi) is 5.49. The monoisotopic (exact) mass is 369 g/mol. The molecule has 2 aromatic carbocycles. The van der Waals surface area contributed by atoms with Crippen molar-refractivity contribution in [1.82, 2.24) is 4.98 Å². The zero-order chi connectivity index (χ0) is 18.5. The molecule has 0 spiro atoms. The fourth-order valence-corrected chi connectivity index (χ4v) is 2.70. The highest BCUT2D eigenvalue weighted by Gasteiger charge is 2.16. The second-order valence-corrected chi connectivity index (χ2v) is 5.98. The first-order valence-corrected chi connectivity index (χ1v) is 8.51. The first-order chi connectivity index (χ1) is 12.6. The van der Waals surface area contributed by atoms with Gasteiger partial charge in [0.2, 0.25) is 0 Å². The molecule has 0 aliphatic carbocycles. The van der Waals surface area contributed by atoms with Gasteiger partial charge in [-0.3, -0.25) is 4.79 Å². The van der Waals surface area contributed by atoms with E-state index in [1.807, 2.05) is 37.3 Å². The molecule has 0 unspecified atom stereocenters. The molecule has 1 amide bonds. The number of halogens is 2. The number of hydrogen-bond donors (Lipinski definition) is 1. The van der Waals surface area contributed by atoms with Crippen LogP contribution in [-0.4, -0.2) is 17.4 Å². The predicted octanol–water partition coefficient (Wildman–Crippen LogP) is 5.28. The molecule has 3 aromatic rings. The van der Waals surface area contributed by atoms with E-state index < -0.39 is 5.82 Å². The number of aromatic nitrogens is 1. The second kappa shape index (κ2) is 7.97. The summed E-state index contributed by atoms with van der Waals surface area (Å²) >= 11 is 5.77. The van der Waals surface area contributed by atoms with Gasteiger partial charge in [0.25, 0.3) is 5.91 Å². The number of nitrogens with one attached hydrogen (secondary N) is 1. The minimum absolute atomic E-state index is 0.0308. The molecule has 0 aliphatic heterocycles. The number of nitrogens with zero attached hydrogens (tertiary/aromatic N) is 2. The molecule has 0 aliphatic rings. The SMILES string of the molecule is CCN(C(=O)c1ccc(Nc2ccc(F)c(Cl)c2)nc1)c1ccccc1. The Morgan fingerprint density at radius 2 is 1.92 bits per heavy atom. The summed E-state index contributed by atoms with van der Waals surface area (Å²) < 4.78 is 13.2. The normalized spacial score (nSPS) is 10.4. The minimum atomic E-state index is -0.480. The molecule has 6 heteroatoms. The highest BCUT2D eigenvalue weighted by Crippen LogP contribution is 2.22. The lowest BCUT2D eigenvalue weighted by Crippen LogP contribution is -2.30. The molecule has 132 valence electrons. The van der Waals surface area contributed by atoms with Crippen molar-refractivity contribution >= 4 is 34.7 Å². The Balaban J connectivity index is 1.76. The van der Waals surface area contributed by atoms with E-state index in [0.29, 0.717) is 23.6 Å². The largest absolute Gasteiger partial charge is 0.340 e. The van der Waals surface area contributed by atoms with Gasteiger partial charge in [-0.25, -0.2) is 9.37 Å². The number of carbonyl (C=O) groups is 1. The van der Waals surface area contributed by atoms with Gasteiger partial charge < -0.3 is 10.2 Å². The zero-order valence-electron chi connectivity index (χ0n) is 14.1. The maximum absolute atomic E-state index is 13.2. The van der Waals surface area contributed by atoms with Crippen molar-refractivity contribution in [3.63, 3.8) is 0 Å². The number of para-hydroxylation sites is 1. The lowest BCUT2D eigenvalue weighted by molar-refractivity contribution is 0.0988. The predicted molar refractivity (Wildman–Crippen MR) is 103 cm³/mol. The summed E-state index contributed by atoms with van der Waals surface area (Å²) in [6.07, 6.45) is 1.52. The standard InChI is InChI=1S/C20H17ClFN3O/c1-2-25(16-6-4-3-5-7-16)20(26)14-8-11-19(23-13-14)24-15-9-10-18(22)17(21)12-15/h3-13H,2H2,1H3,(H,23,24). The molecule has 1 heterocycles. The Bertz CT molecular complexity index is 901. The maximum Gasteiger partial charge on any atom is 0.259 e. The zero-order valence-corrected chi connectivity index (χ0v) is 14.9. The van der Waals surface area contributed by atoms with Crippen LogP contribution in [0.2, 0.25) is 5.02 Å². The quantitative estimate of drug-likeness (QED) is 0.665. The molecule has 0 atom stereocenters. The average Bonchev–Trinajstić information content (AvgIpc) is 2.67. The molecular formula is C20H17ClFN3O. The smallest absolute Gasteiger partial charge is 0.259 e. The van der Waals surface area contributed by atoms with Gasteiger partial charge in [0.15, 0.2) is 0 Å². The molecule has 26 heavy (non-hydrogen) atoms. The van der Waals surface area contributed by atoms with Crippen LogP contribution in [0.4, 0.5) is 21.6 Å². The van der Waals surface area contributed by atoms with E-state index in [9.17, 15) is 9.18 Å². The van der Waals surface area contributed by atoms with Crippen LogP contribution in [0.3, 0.4) is 0 Å². The van der Waals surface area contributed by atoms with E-state index in [1.165, 1.54) is 18.3 Å². The fraction of sp³-hybridized carbons (Fsp3) is 0.100. The van der Waals surface area contributed by atoms with E-state index in [2.05, 4.69) is 10.3 Å². The number of amides is 1. The van der Waals surface area contributed by atoms with Gasteiger partial charge in [0.05, 0.1) is 10.6 Å². The lowest BCUT2D eigenvalue weighted by Gasteiger charge is -2.21. The van der Waals surface area contributed by atoms with Crippen molar-refractivity contribution in [3.05, 3.63) is 83.3 Å². The Hall–Kier alpha value is -2.92. The van der Waals surface area contributed by atoms with Crippen LogP contribution in [-0.2, 0) is 0 Å². The van der Waals surface area contributed by atoms with Crippen LogP contribution >= 0.6 is 11.6 Å². The number of hydrogen-bond acceptors (Lipinski definition) is 3. The van der Waals surface area contributed by atoms with E-state index in [-0.39, 0.29) is 10.9 Å². The van der Waals surface area contributed by atoms with Gasteiger partial charge in [0.1, 0.15) is 11.6 Å². The van der Waals surface area contributed by atoms with Crippen molar-refractivity contribution in [2.24, 2.45) is 0 Å². The summed E-state index contributed by atoms with van der Waals surface area (Å²) in [6.45, 7) is 2.48. The number of anilines is 3. The van der Waals surface area contributed by atoms with E-state index in [1.54, 1.807) is 23.1 Å². The van der Waals surface area contributed by atoms with Crippen LogP contribution in [0.15, 0.2) is 66.9 Å². The third-order valence-electron chi connectivity index (χ3n) is 3.83. The lowest BCUT2D eigenvalue weighted by atomic mass is 10.2. The van der Waals surface area contributed by atoms with Crippen LogP contribution in [0.25, 0.3) is 0 Å². The number of rotatable bonds is 5. The Morgan fingerprint density at radius 1 is 1.15 bits per heavy atom. The summed E-state index contributed by atoms with van der Waals surface area (Å²) in [6, 6.07) is 17.2. The molecule has 4 nitrogen and oxygen atoms in total. The average molecular weight is 370 g/mol. The topological polar surface area (TPSA) is 45.2 Å². The van der Waals surface area contributed by atoms with Crippen LogP contribution in [0.5, 0.6) is 0 Å². The Labute approximate surface area is 156 Å². The maximum atomic E-state index is 13.2. The molecule has 0 saturated carbocycles. The van der Waals surface area contributed by atoms with Gasteiger partial charge in [0, 0.05) is 24.1 Å². The number of benzene rings is 2. The fourth-order valence-electron chi connectivity index (χ4n) is 2.52. The van der Waals surface area contributed by atoms with Gasteiger partial charge in [-0.2, -0.15) is 0 Å². The van der Waals surface area contributed by atoms with Crippen LogP contribution in [0, 0.1) is 5.82 Å². The van der Waals surface area contributed by atoms with Crippen molar-refractivity contribution in [3.8, 4) is 0 Å². The number of carbonyl (C=O) groups excluding carboxylic acids is 1. The molecule has 0 fully saturated rings. The van der Waals surface area contributed by atoms with E-state index in [0.717, 1.165) is 5.69 Å². The van der Waals surface area contributed by atoms with Crippen LogP contribution in [0.1, 0.15) is 17.3 Å². The molecule has 3 rings (SSSR count). The van der Waals surface area contributed by atoms with Crippen molar-refractivity contribution < 1.29 is 9.18 Å². The molecular weight excluding hydrogens is 353 g/mol. The van der Waals surface area contributed by atoms with Gasteiger partial charge in [-0.1, -0.05) is 29.8 Å². The minimum Gasteiger partial charge on any atom is -0.340 e. The molecule has 0 saturated heterocycles. The highest BCUT2D eigenvalue weighted by molar-refractivity contribution is 6.31. The van der Waals surface area contributed by atoms with Gasteiger partial charge in [-0.05, 0) is 49.4 Å². The second-order valence-electron chi connectivity index (χ2n) is 5.57. The summed E-state index contributed by atoms with van der Waals surface area (Å²) in [5.41, 5.74) is 1.93. The highest BCUT2D eigenvalue weighted by atomic mass is 35.5. The third-order valence-corrected chi connectivity index (χ3v) is 4.12. The first kappa shape index (κ1) is 17.9. The van der Waals surface area contributed by atoms with Crippen molar-refractivity contribution in [2.75, 3.05) is 16.8 Å². The number of pyridine rings is 1. The summed E-state index contributed by atoms with van der Waals surface area (Å²) in [7, 11) is 0. The van der Waals surface area contributed by atoms with Gasteiger partial charge >= 0.3 is 0 Å². The van der Waals surface area contributed by atoms with Crippen molar-refractivity contribution in [1.29, 1.82) is 0 Å². The molecule has 1 N–H and O–H groups in total. The van der Waals surface area contributed by atoms with Gasteiger partial charge in [-0.15, -0.1) is 0 Å². The van der Waals surface area contributed by atoms with E-state index in [4.69, 9.17) is 11.6 Å². The summed E-state index contributed by atoms with van der Waals surface area (Å²) in [5.74, 6) is -0.0683. The molecule has 0 radical (unpaired) electrons.